The van der Waals surface area contributed by atoms with Gasteiger partial charge in [0.1, 0.15) is 11.8 Å². The molecule has 0 aliphatic carbocycles. The van der Waals surface area contributed by atoms with Gasteiger partial charge in [-0.2, -0.15) is 4.98 Å². The number of carbonyl (C=O) groups excluding carboxylic acids is 1. The lowest BCUT2D eigenvalue weighted by Gasteiger charge is -2.22. The molecule has 174 valence electrons. The van der Waals surface area contributed by atoms with Crippen molar-refractivity contribution in [3.63, 3.8) is 0 Å². The highest BCUT2D eigenvalue weighted by molar-refractivity contribution is 5.79. The predicted molar refractivity (Wildman–Crippen MR) is 108 cm³/mol. The van der Waals surface area contributed by atoms with Gasteiger partial charge in [0, 0.05) is 18.5 Å². The SMILES string of the molecule is COc1ccc(-c2noc(C3CCC(=O)N3Cc3ccc(OC(F)(F)F)cc3)n2)cc1OC. The second kappa shape index (κ2) is 9.00. The molecular formula is C22H20F3N3O5. The van der Waals surface area contributed by atoms with Crippen molar-refractivity contribution < 1.29 is 36.7 Å². The number of likely N-dealkylation sites (tertiary alicyclic amines) is 1. The van der Waals surface area contributed by atoms with Gasteiger partial charge in [0.25, 0.3) is 0 Å². The van der Waals surface area contributed by atoms with Crippen LogP contribution in [0.2, 0.25) is 0 Å². The summed E-state index contributed by atoms with van der Waals surface area (Å²) in [4.78, 5) is 18.5. The first-order chi connectivity index (χ1) is 15.8. The van der Waals surface area contributed by atoms with Crippen molar-refractivity contribution in [1.29, 1.82) is 0 Å². The van der Waals surface area contributed by atoms with Crippen LogP contribution in [0, 0.1) is 0 Å². The van der Waals surface area contributed by atoms with Gasteiger partial charge in [-0.3, -0.25) is 4.79 Å². The van der Waals surface area contributed by atoms with E-state index in [4.69, 9.17) is 14.0 Å². The highest BCUT2D eigenvalue weighted by atomic mass is 19.4. The van der Waals surface area contributed by atoms with Crippen molar-refractivity contribution in [2.75, 3.05) is 14.2 Å². The first kappa shape index (κ1) is 22.4. The fourth-order valence-electron chi connectivity index (χ4n) is 3.64. The smallest absolute Gasteiger partial charge is 0.493 e. The third kappa shape index (κ3) is 5.02. The molecule has 1 aliphatic heterocycles. The first-order valence-electron chi connectivity index (χ1n) is 9.97. The summed E-state index contributed by atoms with van der Waals surface area (Å²) in [7, 11) is 3.06. The van der Waals surface area contributed by atoms with Crippen LogP contribution in [0.4, 0.5) is 13.2 Å². The molecule has 2 aromatic carbocycles. The molecule has 1 unspecified atom stereocenters. The van der Waals surface area contributed by atoms with E-state index in [1.807, 2.05) is 0 Å². The van der Waals surface area contributed by atoms with E-state index in [9.17, 15) is 18.0 Å². The van der Waals surface area contributed by atoms with E-state index in [-0.39, 0.29) is 24.1 Å². The molecule has 1 amide bonds. The van der Waals surface area contributed by atoms with Crippen LogP contribution in [0.5, 0.6) is 17.2 Å². The van der Waals surface area contributed by atoms with E-state index < -0.39 is 12.4 Å². The average molecular weight is 463 g/mol. The fourth-order valence-corrected chi connectivity index (χ4v) is 3.64. The summed E-state index contributed by atoms with van der Waals surface area (Å²) in [5.41, 5.74) is 1.29. The summed E-state index contributed by atoms with van der Waals surface area (Å²) < 4.78 is 56.9. The number of carbonyl (C=O) groups is 1. The molecule has 11 heteroatoms. The highest BCUT2D eigenvalue weighted by Gasteiger charge is 2.36. The summed E-state index contributed by atoms with van der Waals surface area (Å²) in [6, 6.07) is 10.1. The molecule has 0 spiro atoms. The van der Waals surface area contributed by atoms with E-state index in [0.717, 1.165) is 0 Å². The van der Waals surface area contributed by atoms with Gasteiger partial charge >= 0.3 is 6.36 Å². The van der Waals surface area contributed by atoms with Crippen LogP contribution in [0.1, 0.15) is 30.3 Å². The maximum atomic E-state index is 12.5. The Morgan fingerprint density at radius 3 is 2.48 bits per heavy atom. The molecule has 0 saturated carbocycles. The Balaban J connectivity index is 1.51. The zero-order valence-electron chi connectivity index (χ0n) is 17.8. The Morgan fingerprint density at radius 2 is 1.82 bits per heavy atom. The summed E-state index contributed by atoms with van der Waals surface area (Å²) in [6.07, 6.45) is -3.98. The van der Waals surface area contributed by atoms with E-state index in [0.29, 0.717) is 41.3 Å². The Morgan fingerprint density at radius 1 is 1.09 bits per heavy atom. The molecule has 0 bridgehead atoms. The molecule has 0 radical (unpaired) electrons. The van der Waals surface area contributed by atoms with Crippen molar-refractivity contribution >= 4 is 5.91 Å². The maximum absolute atomic E-state index is 12.5. The Kier molecular flexibility index (Phi) is 6.12. The van der Waals surface area contributed by atoms with E-state index >= 15 is 0 Å². The minimum absolute atomic E-state index is 0.110. The van der Waals surface area contributed by atoms with Crippen LogP contribution >= 0.6 is 0 Å². The standard InChI is InChI=1S/C22H20F3N3O5/c1-30-17-9-5-14(11-18(17)31-2)20-26-21(33-27-20)16-8-10-19(29)28(16)12-13-3-6-15(7-4-13)32-22(23,24)25/h3-7,9,11,16H,8,10,12H2,1-2H3. The fraction of sp³-hybridized carbons (Fsp3) is 0.318. The summed E-state index contributed by atoms with van der Waals surface area (Å²) >= 11 is 0. The van der Waals surface area contributed by atoms with Gasteiger partial charge in [0.15, 0.2) is 11.5 Å². The quantitative estimate of drug-likeness (QED) is 0.509. The highest BCUT2D eigenvalue weighted by Crippen LogP contribution is 2.36. The van der Waals surface area contributed by atoms with Crippen molar-refractivity contribution in [2.24, 2.45) is 0 Å². The van der Waals surface area contributed by atoms with Crippen LogP contribution in [0.15, 0.2) is 47.0 Å². The minimum Gasteiger partial charge on any atom is -0.493 e. The summed E-state index contributed by atoms with van der Waals surface area (Å²) in [5.74, 6) is 1.25. The number of amides is 1. The zero-order chi connectivity index (χ0) is 23.6. The normalized spacial score (nSPS) is 16.2. The van der Waals surface area contributed by atoms with Gasteiger partial charge in [0.05, 0.1) is 14.2 Å². The average Bonchev–Trinajstić information content (AvgIpc) is 3.41. The van der Waals surface area contributed by atoms with Gasteiger partial charge in [0.2, 0.25) is 17.6 Å². The molecule has 2 heterocycles. The number of rotatable bonds is 7. The maximum Gasteiger partial charge on any atom is 0.573 e. The number of halogens is 3. The van der Waals surface area contributed by atoms with Crippen molar-refractivity contribution in [2.45, 2.75) is 31.8 Å². The largest absolute Gasteiger partial charge is 0.573 e. The third-order valence-corrected chi connectivity index (χ3v) is 5.21. The predicted octanol–water partition coefficient (Wildman–Crippen LogP) is 4.52. The molecule has 3 aromatic rings. The second-order valence-corrected chi connectivity index (χ2v) is 7.29. The van der Waals surface area contributed by atoms with Crippen LogP contribution in [0.25, 0.3) is 11.4 Å². The molecule has 1 aromatic heterocycles. The first-order valence-corrected chi connectivity index (χ1v) is 9.97. The zero-order valence-corrected chi connectivity index (χ0v) is 17.8. The molecule has 4 rings (SSSR count). The summed E-state index contributed by atoms with van der Waals surface area (Å²) in [6.45, 7) is 0.184. The molecule has 1 saturated heterocycles. The van der Waals surface area contributed by atoms with Crippen LogP contribution in [-0.2, 0) is 11.3 Å². The van der Waals surface area contributed by atoms with Crippen LogP contribution < -0.4 is 14.2 Å². The van der Waals surface area contributed by atoms with Gasteiger partial charge in [-0.05, 0) is 42.3 Å². The molecule has 8 nitrogen and oxygen atoms in total. The van der Waals surface area contributed by atoms with Crippen molar-refractivity contribution in [1.82, 2.24) is 15.0 Å². The van der Waals surface area contributed by atoms with Crippen LogP contribution in [0.3, 0.4) is 0 Å². The van der Waals surface area contributed by atoms with Crippen LogP contribution in [-0.4, -0.2) is 41.5 Å². The number of hydrogen-bond donors (Lipinski definition) is 0. The van der Waals surface area contributed by atoms with Crippen molar-refractivity contribution in [3.05, 3.63) is 53.9 Å². The lowest BCUT2D eigenvalue weighted by atomic mass is 10.1. The van der Waals surface area contributed by atoms with Gasteiger partial charge < -0.3 is 23.6 Å². The van der Waals surface area contributed by atoms with E-state index in [1.54, 1.807) is 23.1 Å². The van der Waals surface area contributed by atoms with Gasteiger partial charge in [-0.25, -0.2) is 0 Å². The molecule has 1 aliphatic rings. The number of aromatic nitrogens is 2. The number of alkyl halides is 3. The minimum atomic E-state index is -4.76. The van der Waals surface area contributed by atoms with E-state index in [2.05, 4.69) is 14.9 Å². The lowest BCUT2D eigenvalue weighted by molar-refractivity contribution is -0.274. The van der Waals surface area contributed by atoms with Gasteiger partial charge in [-0.15, -0.1) is 13.2 Å². The topological polar surface area (TPSA) is 86.9 Å². The number of benzene rings is 2. The third-order valence-electron chi connectivity index (χ3n) is 5.21. The molecule has 33 heavy (non-hydrogen) atoms. The number of nitrogens with zero attached hydrogens (tertiary/aromatic N) is 3. The molecule has 1 atom stereocenters. The number of ether oxygens (including phenoxy) is 3. The lowest BCUT2D eigenvalue weighted by Crippen LogP contribution is -2.27. The molecular weight excluding hydrogens is 443 g/mol. The monoisotopic (exact) mass is 463 g/mol. The Hall–Kier alpha value is -3.76. The number of methoxy groups -OCH3 is 2. The second-order valence-electron chi connectivity index (χ2n) is 7.29. The van der Waals surface area contributed by atoms with Crippen molar-refractivity contribution in [3.8, 4) is 28.6 Å². The molecule has 0 N–H and O–H groups in total. The number of hydrogen-bond acceptors (Lipinski definition) is 7. The Labute approximate surface area is 186 Å². The van der Waals surface area contributed by atoms with Gasteiger partial charge in [-0.1, -0.05) is 17.3 Å². The van der Waals surface area contributed by atoms with E-state index in [1.165, 1.54) is 38.5 Å². The Bertz CT molecular complexity index is 1130. The summed E-state index contributed by atoms with van der Waals surface area (Å²) in [5, 5.41) is 4.03. The molecule has 1 fully saturated rings.